The van der Waals surface area contributed by atoms with Gasteiger partial charge in [-0.2, -0.15) is 45.3 Å². The van der Waals surface area contributed by atoms with Crippen LogP contribution in [0.4, 0.5) is 43.9 Å². The van der Waals surface area contributed by atoms with E-state index in [-0.39, 0.29) is 42.5 Å². The van der Waals surface area contributed by atoms with E-state index in [0.717, 1.165) is 42.7 Å². The summed E-state index contributed by atoms with van der Waals surface area (Å²) in [5.74, 6) is -11.7. The lowest BCUT2D eigenvalue weighted by atomic mass is 9.93. The maximum absolute atomic E-state index is 15.6. The minimum Gasteiger partial charge on any atom is -0.481 e. The lowest BCUT2D eigenvalue weighted by Gasteiger charge is -2.23. The van der Waals surface area contributed by atoms with E-state index in [9.17, 15) is 81.0 Å². The van der Waals surface area contributed by atoms with Crippen molar-refractivity contribution in [3.8, 4) is 23.0 Å². The highest BCUT2D eigenvalue weighted by Crippen LogP contribution is 2.68. The van der Waals surface area contributed by atoms with Crippen molar-refractivity contribution in [2.45, 2.75) is 93.8 Å². The first-order valence-corrected chi connectivity index (χ1v) is 26.1. The zero-order chi connectivity index (χ0) is 58.6. The Labute approximate surface area is 445 Å². The first kappa shape index (κ1) is 59.1. The summed E-state index contributed by atoms with van der Waals surface area (Å²) in [5.41, 5.74) is -6.80. The van der Waals surface area contributed by atoms with E-state index >= 15 is 8.78 Å². The number of carbonyl (C=O) groups excluding carboxylic acids is 3. The second-order valence-electron chi connectivity index (χ2n) is 18.6. The number of nitrogens with one attached hydrogen (secondary N) is 2. The number of halogens is 11. The molecule has 79 heavy (non-hydrogen) atoms. The summed E-state index contributed by atoms with van der Waals surface area (Å²) in [5, 5.41) is 28.7. The van der Waals surface area contributed by atoms with Crippen LogP contribution in [0.15, 0.2) is 54.6 Å². The van der Waals surface area contributed by atoms with E-state index in [1.807, 2.05) is 0 Å². The minimum atomic E-state index is -5.26. The third kappa shape index (κ3) is 13.0. The molecule has 1 fully saturated rings. The molecule has 2 aliphatic carbocycles. The van der Waals surface area contributed by atoms with Crippen LogP contribution in [-0.2, 0) is 82.9 Å². The summed E-state index contributed by atoms with van der Waals surface area (Å²) in [6, 6.07) is 2.51. The van der Waals surface area contributed by atoms with Gasteiger partial charge in [0.2, 0.25) is 22.7 Å². The van der Waals surface area contributed by atoms with Crippen molar-refractivity contribution in [1.29, 1.82) is 0 Å². The first-order chi connectivity index (χ1) is 36.5. The van der Waals surface area contributed by atoms with E-state index in [2.05, 4.69) is 32.3 Å². The maximum Gasteiger partial charge on any atom is 0.435 e. The number of hydrogen-bond acceptors (Lipinski definition) is 12. The van der Waals surface area contributed by atoms with Crippen molar-refractivity contribution >= 4 is 72.9 Å². The fraction of sp³-hybridized carbons (Fsp3) is 0.362. The predicted molar refractivity (Wildman–Crippen MR) is 255 cm³/mol. The molecule has 0 saturated heterocycles. The number of amides is 3. The van der Waals surface area contributed by atoms with E-state index in [1.54, 1.807) is 5.32 Å². The fourth-order valence-electron chi connectivity index (χ4n) is 8.65. The fourth-order valence-corrected chi connectivity index (χ4v) is 9.62. The number of hydrogen-bond donors (Lipinski definition) is 5. The summed E-state index contributed by atoms with van der Waals surface area (Å²) in [6.07, 6.45) is -11.1. The largest absolute Gasteiger partial charge is 0.481 e. The van der Waals surface area contributed by atoms with Crippen molar-refractivity contribution in [3.63, 3.8) is 0 Å². The van der Waals surface area contributed by atoms with Gasteiger partial charge in [-0.1, -0.05) is 23.6 Å². The Morgan fingerprint density at radius 2 is 1.59 bits per heavy atom. The second kappa shape index (κ2) is 21.6. The minimum absolute atomic E-state index is 0.0263. The number of carbonyl (C=O) groups is 5. The van der Waals surface area contributed by atoms with E-state index in [1.165, 1.54) is 13.8 Å². The van der Waals surface area contributed by atoms with Crippen molar-refractivity contribution in [2.75, 3.05) is 6.26 Å². The average molecular weight is 1180 g/mol. The van der Waals surface area contributed by atoms with Crippen LogP contribution < -0.4 is 10.6 Å². The van der Waals surface area contributed by atoms with Gasteiger partial charge in [0, 0.05) is 52.5 Å². The smallest absolute Gasteiger partial charge is 0.435 e. The Balaban J connectivity index is 1.40. The molecule has 3 aromatic heterocycles. The summed E-state index contributed by atoms with van der Waals surface area (Å²) >= 11 is 6.61. The number of alkyl halides is 8. The molecule has 422 valence electrons. The van der Waals surface area contributed by atoms with Crippen LogP contribution in [0.1, 0.15) is 78.2 Å². The van der Waals surface area contributed by atoms with Gasteiger partial charge in [0.25, 0.3) is 11.8 Å². The Morgan fingerprint density at radius 1 is 0.949 bits per heavy atom. The average Bonchev–Trinajstić information content (AvgIpc) is 3.17. The Morgan fingerprint density at radius 3 is 2.18 bits per heavy atom. The molecule has 4 atom stereocenters. The summed E-state index contributed by atoms with van der Waals surface area (Å²) in [6.45, 7) is -2.16. The van der Waals surface area contributed by atoms with Gasteiger partial charge in [-0.25, -0.2) is 39.7 Å². The summed E-state index contributed by atoms with van der Waals surface area (Å²) in [4.78, 5) is 66.9. The molecule has 5 aromatic rings. The molecule has 0 aliphatic heterocycles. The zero-order valence-electron chi connectivity index (χ0n) is 40.5. The molecule has 0 bridgehead atoms. The van der Waals surface area contributed by atoms with Gasteiger partial charge in [-0.05, 0) is 74.4 Å². The number of thiol groups is 1. The maximum atomic E-state index is 15.6. The molecule has 2 aromatic carbocycles. The van der Waals surface area contributed by atoms with Gasteiger partial charge >= 0.3 is 24.3 Å². The molecule has 0 radical (unpaired) electrons. The summed E-state index contributed by atoms with van der Waals surface area (Å²) in [7, 11) is -8.03. The number of sulfone groups is 1. The molecule has 7 rings (SSSR count). The quantitative estimate of drug-likeness (QED) is 0.0303. The molecule has 2 aliphatic rings. The van der Waals surface area contributed by atoms with Crippen molar-refractivity contribution < 1.29 is 94.9 Å². The standard InChI is InChI=1S/C47H39ClF10N8O11S2/c1-44(2,79(3,76)77)11-10-24-4-5-25(39(59-24)30(14-21-12-22(49)15-23(50)13-21)60-34(68)19-64-42-37(41(63-64)47(56,57)58)27-16-28(27)46(42,54)55)26-6-7-29(48)38-32(62-65(40(26)38)20-45(51,52)53)18-66(78(74)75)35(69)9-8-33(67)61-31(43(72)73)17-36(70)71/h4-9,12-13,15,27-28,30-31,78H,14,16-20H2,1-3H3,(H,60,68)(H,61,67)(H,70,71)(H,72,73)/b9-8+/t27-,28+,30?,31?/m0/s1. The number of pyridine rings is 1. The molecule has 3 amide bonds. The van der Waals surface area contributed by atoms with E-state index in [0.29, 0.717) is 18.2 Å². The molecular formula is C47H39ClF10N8O11S2. The monoisotopic (exact) mass is 1180 g/mol. The van der Waals surface area contributed by atoms with E-state index in [4.69, 9.17) is 16.7 Å². The third-order valence-corrected chi connectivity index (χ3v) is 15.5. The molecule has 32 heteroatoms. The molecule has 4 N–H and O–H groups in total. The van der Waals surface area contributed by atoms with Crippen molar-refractivity contribution in [2.24, 2.45) is 5.92 Å². The SMILES string of the molecule is CC(C)(C#Cc1ccc(-c2ccc(Cl)c3c(CN(C(=O)/C=C/C(=O)NC(CC(=O)O)C(=O)O)[SH](=O)=O)nn(CC(F)(F)F)c23)c(C(Cc2cc(F)cc(F)c2)NC(=O)Cn2nc(C(F)(F)F)c3c2C(F)(F)[C@@H]2C[C@H]32)n1)S(C)(=O)=O. The number of nitrogens with zero attached hydrogens (tertiary/aromatic N) is 6. The molecule has 19 nitrogen and oxygen atoms in total. The van der Waals surface area contributed by atoms with Crippen LogP contribution in [-0.4, -0.2) is 109 Å². The second-order valence-corrected chi connectivity index (χ2v) is 22.5. The number of aromatic nitrogens is 5. The third-order valence-electron chi connectivity index (χ3n) is 12.5. The Bertz CT molecular complexity index is 3630. The van der Waals surface area contributed by atoms with Gasteiger partial charge in [-0.15, -0.1) is 0 Å². The molecule has 1 saturated carbocycles. The molecule has 3 heterocycles. The van der Waals surface area contributed by atoms with E-state index < -0.39 is 186 Å². The van der Waals surface area contributed by atoms with Crippen LogP contribution in [0.2, 0.25) is 5.02 Å². The Kier molecular flexibility index (Phi) is 16.1. The van der Waals surface area contributed by atoms with Crippen LogP contribution in [0.5, 0.6) is 0 Å². The number of carboxylic acid groups (broad SMARTS) is 2. The topological polar surface area (TPSA) is 270 Å². The number of rotatable bonds is 18. The predicted octanol–water partition coefficient (Wildman–Crippen LogP) is 5.75. The van der Waals surface area contributed by atoms with Crippen molar-refractivity contribution in [3.05, 3.63) is 111 Å². The normalized spacial score (nSPS) is 16.7. The van der Waals surface area contributed by atoms with Crippen LogP contribution >= 0.6 is 11.6 Å². The van der Waals surface area contributed by atoms with Gasteiger partial charge < -0.3 is 20.8 Å². The highest BCUT2D eigenvalue weighted by molar-refractivity contribution is 7.92. The van der Waals surface area contributed by atoms with Crippen LogP contribution in [0.3, 0.4) is 0 Å². The first-order valence-electron chi connectivity index (χ1n) is 22.7. The van der Waals surface area contributed by atoms with Crippen molar-refractivity contribution in [1.82, 2.24) is 39.5 Å². The highest BCUT2D eigenvalue weighted by Gasteiger charge is 2.68. The number of fused-ring (bicyclic) bond motifs is 4. The highest BCUT2D eigenvalue weighted by atomic mass is 35.5. The Hall–Kier alpha value is -7.59. The number of carboxylic acids is 2. The lowest BCUT2D eigenvalue weighted by Crippen LogP contribution is -2.41. The molecule has 2 unspecified atom stereocenters. The van der Waals surface area contributed by atoms with Gasteiger partial charge in [0.05, 0.1) is 40.9 Å². The number of aliphatic carboxylic acids is 2. The van der Waals surface area contributed by atoms with Crippen LogP contribution in [0.25, 0.3) is 22.0 Å². The van der Waals surface area contributed by atoms with Crippen LogP contribution in [0, 0.1) is 29.4 Å². The van der Waals surface area contributed by atoms with Gasteiger partial charge in [-0.3, -0.25) is 28.5 Å². The van der Waals surface area contributed by atoms with Gasteiger partial charge in [0.1, 0.15) is 46.9 Å². The van der Waals surface area contributed by atoms with Gasteiger partial charge in [0.15, 0.2) is 15.5 Å². The zero-order valence-corrected chi connectivity index (χ0v) is 43.0. The molecular weight excluding hydrogens is 1140 g/mol. The lowest BCUT2D eigenvalue weighted by molar-refractivity contribution is -0.146. The molecule has 0 spiro atoms. The number of benzene rings is 2. The summed E-state index contributed by atoms with van der Waals surface area (Å²) < 4.78 is 196.